The quantitative estimate of drug-likeness (QED) is 0.881. The molecule has 1 aromatic carbocycles. The molecule has 2 rings (SSSR count). The van der Waals surface area contributed by atoms with Crippen molar-refractivity contribution in [1.82, 2.24) is 10.3 Å². The lowest BCUT2D eigenvalue weighted by Gasteiger charge is -2.14. The maximum atomic E-state index is 12.2. The van der Waals surface area contributed by atoms with E-state index in [1.54, 1.807) is 36.7 Å². The minimum atomic E-state index is -3.44. The van der Waals surface area contributed by atoms with E-state index in [2.05, 4.69) is 10.3 Å². The van der Waals surface area contributed by atoms with Crippen molar-refractivity contribution >= 4 is 15.7 Å². The Balaban J connectivity index is 1.92. The molecule has 0 fully saturated rings. The number of aromatic nitrogens is 1. The lowest BCUT2D eigenvalue weighted by Crippen LogP contribution is -2.28. The zero-order valence-electron chi connectivity index (χ0n) is 13.2. The largest absolute Gasteiger partial charge is 0.350 e. The van der Waals surface area contributed by atoms with Crippen LogP contribution in [-0.2, 0) is 14.6 Å². The van der Waals surface area contributed by atoms with Gasteiger partial charge in [-0.05, 0) is 43.7 Å². The molecule has 23 heavy (non-hydrogen) atoms. The fraction of sp³-hybridized carbons (Fsp3) is 0.294. The topological polar surface area (TPSA) is 76.1 Å². The zero-order chi connectivity index (χ0) is 16.9. The first-order valence-electron chi connectivity index (χ1n) is 7.37. The third-order valence-electron chi connectivity index (χ3n) is 3.56. The number of carbonyl (C=O) groups excluding carboxylic acids is 1. The van der Waals surface area contributed by atoms with E-state index in [1.807, 2.05) is 26.0 Å². The van der Waals surface area contributed by atoms with E-state index >= 15 is 0 Å². The van der Waals surface area contributed by atoms with Crippen molar-refractivity contribution in [2.45, 2.75) is 31.2 Å². The summed E-state index contributed by atoms with van der Waals surface area (Å²) in [5.74, 6) is -0.490. The Morgan fingerprint density at radius 2 is 1.74 bits per heavy atom. The standard InChI is InChI=1S/C17H20N2O3S/c1-13-3-5-16(6-4-13)23(21,22)12-9-17(20)19-14(2)15-7-10-18-11-8-15/h3-8,10-11,14H,9,12H2,1-2H3,(H,19,20). The molecule has 6 heteroatoms. The summed E-state index contributed by atoms with van der Waals surface area (Å²) in [6.45, 7) is 3.74. The predicted octanol–water partition coefficient (Wildman–Crippen LogP) is 2.43. The highest BCUT2D eigenvalue weighted by molar-refractivity contribution is 7.91. The number of amides is 1. The van der Waals surface area contributed by atoms with Crippen molar-refractivity contribution in [3.63, 3.8) is 0 Å². The second-order valence-corrected chi connectivity index (χ2v) is 7.56. The molecule has 0 saturated carbocycles. The van der Waals surface area contributed by atoms with Crippen LogP contribution in [0.4, 0.5) is 0 Å². The van der Waals surface area contributed by atoms with E-state index in [-0.39, 0.29) is 29.0 Å². The highest BCUT2D eigenvalue weighted by atomic mass is 32.2. The predicted molar refractivity (Wildman–Crippen MR) is 88.6 cm³/mol. The molecule has 122 valence electrons. The van der Waals surface area contributed by atoms with Gasteiger partial charge in [-0.2, -0.15) is 0 Å². The average molecular weight is 332 g/mol. The highest BCUT2D eigenvalue weighted by Crippen LogP contribution is 2.14. The number of nitrogens with one attached hydrogen (secondary N) is 1. The summed E-state index contributed by atoms with van der Waals surface area (Å²) in [6, 6.07) is 10.1. The Morgan fingerprint density at radius 3 is 2.35 bits per heavy atom. The van der Waals surface area contributed by atoms with Gasteiger partial charge in [0.05, 0.1) is 16.7 Å². The zero-order valence-corrected chi connectivity index (χ0v) is 14.0. The number of aryl methyl sites for hydroxylation is 1. The second-order valence-electron chi connectivity index (χ2n) is 5.45. The van der Waals surface area contributed by atoms with Crippen LogP contribution < -0.4 is 5.32 Å². The van der Waals surface area contributed by atoms with Crippen LogP contribution in [0.2, 0.25) is 0 Å². The van der Waals surface area contributed by atoms with Crippen LogP contribution in [0.3, 0.4) is 0 Å². The summed E-state index contributed by atoms with van der Waals surface area (Å²) in [7, 11) is -3.44. The van der Waals surface area contributed by atoms with Gasteiger partial charge < -0.3 is 5.32 Å². The molecule has 2 aromatic rings. The van der Waals surface area contributed by atoms with Crippen LogP contribution in [0, 0.1) is 6.92 Å². The smallest absolute Gasteiger partial charge is 0.221 e. The van der Waals surface area contributed by atoms with Crippen LogP contribution in [0.25, 0.3) is 0 Å². The van der Waals surface area contributed by atoms with Gasteiger partial charge in [0, 0.05) is 18.8 Å². The van der Waals surface area contributed by atoms with Crippen LogP contribution in [0.1, 0.15) is 30.5 Å². The summed E-state index contributed by atoms with van der Waals surface area (Å²) in [5, 5.41) is 2.80. The Labute approximate surface area is 136 Å². The molecular weight excluding hydrogens is 312 g/mol. The van der Waals surface area contributed by atoms with E-state index in [0.717, 1.165) is 11.1 Å². The number of pyridine rings is 1. The number of hydrogen-bond acceptors (Lipinski definition) is 4. The van der Waals surface area contributed by atoms with Gasteiger partial charge in [0.25, 0.3) is 0 Å². The molecule has 1 aromatic heterocycles. The van der Waals surface area contributed by atoms with E-state index < -0.39 is 9.84 Å². The van der Waals surface area contributed by atoms with Gasteiger partial charge in [-0.1, -0.05) is 17.7 Å². The van der Waals surface area contributed by atoms with Crippen LogP contribution >= 0.6 is 0 Å². The van der Waals surface area contributed by atoms with Crippen LogP contribution in [0.15, 0.2) is 53.7 Å². The molecule has 1 N–H and O–H groups in total. The summed E-state index contributed by atoms with van der Waals surface area (Å²) in [6.07, 6.45) is 3.24. The van der Waals surface area contributed by atoms with Gasteiger partial charge in [-0.25, -0.2) is 8.42 Å². The molecule has 0 aliphatic rings. The van der Waals surface area contributed by atoms with E-state index in [9.17, 15) is 13.2 Å². The second kappa shape index (κ2) is 7.37. The molecule has 1 unspecified atom stereocenters. The number of carbonyl (C=O) groups is 1. The van der Waals surface area contributed by atoms with Gasteiger partial charge in [-0.3, -0.25) is 9.78 Å². The van der Waals surface area contributed by atoms with Crippen molar-refractivity contribution in [2.24, 2.45) is 0 Å². The lowest BCUT2D eigenvalue weighted by molar-refractivity contribution is -0.121. The Morgan fingerprint density at radius 1 is 1.13 bits per heavy atom. The number of rotatable bonds is 6. The summed E-state index contributed by atoms with van der Waals surface area (Å²) in [4.78, 5) is 16.1. The monoisotopic (exact) mass is 332 g/mol. The molecule has 0 radical (unpaired) electrons. The SMILES string of the molecule is Cc1ccc(S(=O)(=O)CCC(=O)NC(C)c2ccncc2)cc1. The summed E-state index contributed by atoms with van der Waals surface area (Å²) >= 11 is 0. The van der Waals surface area contributed by atoms with Crippen LogP contribution in [0.5, 0.6) is 0 Å². The van der Waals surface area contributed by atoms with E-state index in [4.69, 9.17) is 0 Å². The maximum Gasteiger partial charge on any atom is 0.221 e. The Bertz CT molecular complexity index is 756. The number of hydrogen-bond donors (Lipinski definition) is 1. The third kappa shape index (κ3) is 4.89. The third-order valence-corrected chi connectivity index (χ3v) is 5.29. The minimum absolute atomic E-state index is 0.0639. The van der Waals surface area contributed by atoms with Gasteiger partial charge in [0.15, 0.2) is 9.84 Å². The molecular formula is C17H20N2O3S. The van der Waals surface area contributed by atoms with Crippen molar-refractivity contribution in [1.29, 1.82) is 0 Å². The van der Waals surface area contributed by atoms with Gasteiger partial charge in [-0.15, -0.1) is 0 Å². The highest BCUT2D eigenvalue weighted by Gasteiger charge is 2.17. The fourth-order valence-corrected chi connectivity index (χ4v) is 3.38. The number of nitrogens with zero attached hydrogens (tertiary/aromatic N) is 1. The Kier molecular flexibility index (Phi) is 5.50. The molecule has 1 heterocycles. The van der Waals surface area contributed by atoms with E-state index in [1.165, 1.54) is 0 Å². The fourth-order valence-electron chi connectivity index (χ4n) is 2.14. The molecule has 0 spiro atoms. The minimum Gasteiger partial charge on any atom is -0.350 e. The number of benzene rings is 1. The molecule has 0 aliphatic carbocycles. The van der Waals surface area contributed by atoms with E-state index in [0.29, 0.717) is 0 Å². The average Bonchev–Trinajstić information content (AvgIpc) is 2.54. The molecule has 0 saturated heterocycles. The van der Waals surface area contributed by atoms with Gasteiger partial charge >= 0.3 is 0 Å². The molecule has 1 atom stereocenters. The molecule has 0 bridgehead atoms. The number of sulfone groups is 1. The van der Waals surface area contributed by atoms with Crippen molar-refractivity contribution in [2.75, 3.05) is 5.75 Å². The van der Waals surface area contributed by atoms with Crippen molar-refractivity contribution in [3.8, 4) is 0 Å². The van der Waals surface area contributed by atoms with Gasteiger partial charge in [0.1, 0.15) is 0 Å². The van der Waals surface area contributed by atoms with Crippen molar-refractivity contribution < 1.29 is 13.2 Å². The first-order chi connectivity index (χ1) is 10.9. The molecule has 0 aliphatic heterocycles. The van der Waals surface area contributed by atoms with Crippen LogP contribution in [-0.4, -0.2) is 25.1 Å². The Hall–Kier alpha value is -2.21. The van der Waals surface area contributed by atoms with Gasteiger partial charge in [0.2, 0.25) is 5.91 Å². The lowest BCUT2D eigenvalue weighted by atomic mass is 10.1. The first-order valence-corrected chi connectivity index (χ1v) is 9.02. The molecule has 5 nitrogen and oxygen atoms in total. The summed E-state index contributed by atoms with van der Waals surface area (Å²) in [5.41, 5.74) is 1.92. The summed E-state index contributed by atoms with van der Waals surface area (Å²) < 4.78 is 24.4. The molecule has 1 amide bonds. The van der Waals surface area contributed by atoms with Crippen molar-refractivity contribution in [3.05, 3.63) is 59.9 Å². The maximum absolute atomic E-state index is 12.2. The first kappa shape index (κ1) is 17.1. The normalized spacial score (nSPS) is 12.6.